The van der Waals surface area contributed by atoms with Crippen LogP contribution in [0.15, 0.2) is 17.5 Å². The Morgan fingerprint density at radius 3 is 3.04 bits per heavy atom. The molecular formula is C15H21N4O3S+. The summed E-state index contributed by atoms with van der Waals surface area (Å²) < 4.78 is 0. The monoisotopic (exact) mass is 337 g/mol. The lowest BCUT2D eigenvalue weighted by Crippen LogP contribution is -2.93. The summed E-state index contributed by atoms with van der Waals surface area (Å²) >= 11 is 1.38. The first-order valence-electron chi connectivity index (χ1n) is 7.91. The molecule has 1 aromatic heterocycles. The van der Waals surface area contributed by atoms with E-state index in [1.54, 1.807) is 11.0 Å². The smallest absolute Gasteiger partial charge is 0.264 e. The van der Waals surface area contributed by atoms with Crippen LogP contribution in [0.4, 0.5) is 0 Å². The van der Waals surface area contributed by atoms with Crippen molar-refractivity contribution in [3.8, 4) is 0 Å². The zero-order valence-electron chi connectivity index (χ0n) is 12.8. The first-order chi connectivity index (χ1) is 11.2. The standard InChI is InChI=1S/C15H20N4O3S/c20-13-10(3-1-5-17-13)18-14(21)11-9-16-6-7-19(11)15(22)12-4-2-8-23-12/h2,4,8,10-11,16H,1,3,5-7,9H2,(H,17,20)(H,18,21)/p+1/t10-,11+/m0/s1. The molecule has 2 saturated heterocycles. The maximum Gasteiger partial charge on any atom is 0.264 e. The quantitative estimate of drug-likeness (QED) is 0.628. The highest BCUT2D eigenvalue weighted by Crippen LogP contribution is 2.15. The van der Waals surface area contributed by atoms with Crippen molar-refractivity contribution in [2.24, 2.45) is 0 Å². The molecule has 0 aromatic carbocycles. The Balaban J connectivity index is 1.69. The molecule has 2 fully saturated rings. The molecule has 0 bridgehead atoms. The summed E-state index contributed by atoms with van der Waals surface area (Å²) in [7, 11) is 0. The highest BCUT2D eigenvalue weighted by atomic mass is 32.1. The van der Waals surface area contributed by atoms with Crippen LogP contribution in [-0.2, 0) is 9.59 Å². The number of carbonyl (C=O) groups is 3. The first-order valence-corrected chi connectivity index (χ1v) is 8.79. The number of carbonyl (C=O) groups excluding carboxylic acids is 3. The summed E-state index contributed by atoms with van der Waals surface area (Å²) in [5.41, 5.74) is 0. The number of rotatable bonds is 3. The van der Waals surface area contributed by atoms with E-state index in [0.29, 0.717) is 30.9 Å². The minimum Gasteiger partial charge on any atom is -0.354 e. The van der Waals surface area contributed by atoms with Crippen LogP contribution in [0.5, 0.6) is 0 Å². The number of quaternary nitrogens is 1. The Kier molecular flexibility index (Phi) is 4.92. The Bertz CT molecular complexity index is 590. The molecule has 3 amide bonds. The lowest BCUT2D eigenvalue weighted by Gasteiger charge is -2.34. The van der Waals surface area contributed by atoms with Gasteiger partial charge in [0.05, 0.1) is 18.0 Å². The molecule has 1 aromatic rings. The Hall–Kier alpha value is -1.93. The first kappa shape index (κ1) is 15.9. The molecule has 0 radical (unpaired) electrons. The fraction of sp³-hybridized carbons (Fsp3) is 0.533. The Morgan fingerprint density at radius 1 is 1.43 bits per heavy atom. The van der Waals surface area contributed by atoms with Gasteiger partial charge in [0, 0.05) is 6.54 Å². The van der Waals surface area contributed by atoms with Crippen molar-refractivity contribution in [2.75, 3.05) is 26.2 Å². The molecule has 0 aliphatic carbocycles. The van der Waals surface area contributed by atoms with Gasteiger partial charge in [-0.25, -0.2) is 0 Å². The van der Waals surface area contributed by atoms with Gasteiger partial charge < -0.3 is 20.9 Å². The number of piperidine rings is 1. The van der Waals surface area contributed by atoms with E-state index in [4.69, 9.17) is 0 Å². The van der Waals surface area contributed by atoms with Crippen molar-refractivity contribution in [3.05, 3.63) is 22.4 Å². The molecule has 23 heavy (non-hydrogen) atoms. The number of nitrogens with two attached hydrogens (primary N) is 1. The fourth-order valence-electron chi connectivity index (χ4n) is 3.00. The third kappa shape index (κ3) is 3.53. The molecule has 0 spiro atoms. The average Bonchev–Trinajstić information content (AvgIpc) is 3.11. The number of thiophene rings is 1. The molecule has 2 atom stereocenters. The molecule has 0 saturated carbocycles. The Morgan fingerprint density at radius 2 is 2.30 bits per heavy atom. The molecular weight excluding hydrogens is 316 g/mol. The van der Waals surface area contributed by atoms with E-state index in [1.165, 1.54) is 11.3 Å². The van der Waals surface area contributed by atoms with Crippen molar-refractivity contribution in [3.63, 3.8) is 0 Å². The molecule has 7 nitrogen and oxygen atoms in total. The highest BCUT2D eigenvalue weighted by Gasteiger charge is 2.37. The molecule has 124 valence electrons. The van der Waals surface area contributed by atoms with Crippen molar-refractivity contribution < 1.29 is 19.7 Å². The van der Waals surface area contributed by atoms with E-state index >= 15 is 0 Å². The highest BCUT2D eigenvalue weighted by molar-refractivity contribution is 7.12. The van der Waals surface area contributed by atoms with Gasteiger partial charge in [0.15, 0.2) is 6.04 Å². The molecule has 2 aliphatic heterocycles. The number of hydrogen-bond donors (Lipinski definition) is 3. The molecule has 8 heteroatoms. The molecule has 2 aliphatic rings. The average molecular weight is 337 g/mol. The minimum atomic E-state index is -0.534. The number of amides is 3. The molecule has 4 N–H and O–H groups in total. The Labute approximate surface area is 138 Å². The van der Waals surface area contributed by atoms with Crippen molar-refractivity contribution in [2.45, 2.75) is 24.9 Å². The molecule has 3 rings (SSSR count). The maximum absolute atomic E-state index is 12.6. The summed E-state index contributed by atoms with van der Waals surface area (Å²) in [5.74, 6) is -0.491. The van der Waals surface area contributed by atoms with Gasteiger partial charge >= 0.3 is 0 Å². The van der Waals surface area contributed by atoms with E-state index < -0.39 is 12.1 Å². The summed E-state index contributed by atoms with van der Waals surface area (Å²) in [4.78, 5) is 39.3. The van der Waals surface area contributed by atoms with Crippen molar-refractivity contribution >= 4 is 29.1 Å². The lowest BCUT2D eigenvalue weighted by molar-refractivity contribution is -0.665. The van der Waals surface area contributed by atoms with E-state index in [0.717, 1.165) is 13.0 Å². The van der Waals surface area contributed by atoms with E-state index in [2.05, 4.69) is 10.6 Å². The second-order valence-corrected chi connectivity index (χ2v) is 6.75. The van der Waals surface area contributed by atoms with E-state index in [9.17, 15) is 14.4 Å². The van der Waals surface area contributed by atoms with Crippen LogP contribution < -0.4 is 16.0 Å². The van der Waals surface area contributed by atoms with Crippen LogP contribution >= 0.6 is 11.3 Å². The number of nitrogens with one attached hydrogen (secondary N) is 2. The van der Waals surface area contributed by atoms with Gasteiger partial charge in [-0.2, -0.15) is 0 Å². The van der Waals surface area contributed by atoms with E-state index in [-0.39, 0.29) is 17.7 Å². The molecule has 0 unspecified atom stereocenters. The summed E-state index contributed by atoms with van der Waals surface area (Å²) in [6.07, 6.45) is 1.50. The summed E-state index contributed by atoms with van der Waals surface area (Å²) in [5, 5.41) is 9.45. The summed E-state index contributed by atoms with van der Waals surface area (Å²) in [6.45, 7) is 2.50. The third-order valence-electron chi connectivity index (χ3n) is 4.24. The van der Waals surface area contributed by atoms with Gasteiger partial charge in [-0.15, -0.1) is 11.3 Å². The number of nitrogens with zero attached hydrogens (tertiary/aromatic N) is 1. The zero-order chi connectivity index (χ0) is 16.2. The van der Waals surface area contributed by atoms with Gasteiger partial charge in [0.2, 0.25) is 11.8 Å². The second-order valence-electron chi connectivity index (χ2n) is 5.80. The SMILES string of the molecule is O=C1NCCC[C@@H]1NC(=O)[C@H]1C[NH2+]CCN1C(=O)c1cccs1. The maximum atomic E-state index is 12.6. The molecule has 3 heterocycles. The van der Waals surface area contributed by atoms with Gasteiger partial charge in [0.1, 0.15) is 12.6 Å². The lowest BCUT2D eigenvalue weighted by atomic mass is 10.1. The van der Waals surface area contributed by atoms with Crippen LogP contribution in [0.1, 0.15) is 22.5 Å². The zero-order valence-corrected chi connectivity index (χ0v) is 13.6. The minimum absolute atomic E-state index is 0.110. The van der Waals surface area contributed by atoms with Gasteiger partial charge in [0.25, 0.3) is 5.91 Å². The number of hydrogen-bond acceptors (Lipinski definition) is 4. The van der Waals surface area contributed by atoms with Gasteiger partial charge in [-0.1, -0.05) is 6.07 Å². The number of piperazine rings is 1. The van der Waals surface area contributed by atoms with Crippen LogP contribution in [-0.4, -0.2) is 60.9 Å². The predicted octanol–water partition coefficient (Wildman–Crippen LogP) is -1.47. The van der Waals surface area contributed by atoms with Gasteiger partial charge in [-0.3, -0.25) is 14.4 Å². The third-order valence-corrected chi connectivity index (χ3v) is 5.10. The fourth-order valence-corrected chi connectivity index (χ4v) is 3.68. The normalized spacial score (nSPS) is 24.9. The summed E-state index contributed by atoms with van der Waals surface area (Å²) in [6, 6.07) is 2.58. The van der Waals surface area contributed by atoms with Crippen molar-refractivity contribution in [1.82, 2.24) is 15.5 Å². The predicted molar refractivity (Wildman–Crippen MR) is 85.0 cm³/mol. The topological polar surface area (TPSA) is 95.1 Å². The van der Waals surface area contributed by atoms with Crippen LogP contribution in [0.2, 0.25) is 0 Å². The van der Waals surface area contributed by atoms with Crippen LogP contribution in [0.25, 0.3) is 0 Å². The second kappa shape index (κ2) is 7.10. The largest absolute Gasteiger partial charge is 0.354 e. The van der Waals surface area contributed by atoms with Crippen molar-refractivity contribution in [1.29, 1.82) is 0 Å². The van der Waals surface area contributed by atoms with E-state index in [1.807, 2.05) is 16.8 Å². The van der Waals surface area contributed by atoms with Gasteiger partial charge in [-0.05, 0) is 24.3 Å². The van der Waals surface area contributed by atoms with Crippen LogP contribution in [0, 0.1) is 0 Å². The van der Waals surface area contributed by atoms with Crippen LogP contribution in [0.3, 0.4) is 0 Å².